The highest BCUT2D eigenvalue weighted by Gasteiger charge is 2.31. The quantitative estimate of drug-likeness (QED) is 0.631. The second-order valence-electron chi connectivity index (χ2n) is 5.65. The van der Waals surface area contributed by atoms with Gasteiger partial charge in [-0.05, 0) is 42.0 Å². The number of benzene rings is 2. The van der Waals surface area contributed by atoms with Crippen molar-refractivity contribution in [1.82, 2.24) is 4.98 Å². The lowest BCUT2D eigenvalue weighted by atomic mass is 10.0. The molecule has 0 radical (unpaired) electrons. The molecular weight excluding hydrogens is 387 g/mol. The maximum Gasteiger partial charge on any atom is 0.573 e. The number of nitrogens with one attached hydrogen (secondary N) is 1. The Hall–Kier alpha value is -2.87. The molecule has 0 fully saturated rings. The molecule has 0 unspecified atom stereocenters. The highest BCUT2D eigenvalue weighted by Crippen LogP contribution is 2.39. The van der Waals surface area contributed by atoms with E-state index in [0.29, 0.717) is 38.5 Å². The molecular formula is C18H13ClF3NO4. The van der Waals surface area contributed by atoms with Gasteiger partial charge >= 0.3 is 12.3 Å². The van der Waals surface area contributed by atoms with Crippen LogP contribution in [-0.4, -0.2) is 29.5 Å². The van der Waals surface area contributed by atoms with Crippen LogP contribution in [0.5, 0.6) is 11.5 Å². The number of ether oxygens (including phenoxy) is 2. The Labute approximate surface area is 156 Å². The van der Waals surface area contributed by atoms with Gasteiger partial charge in [-0.2, -0.15) is 0 Å². The van der Waals surface area contributed by atoms with E-state index < -0.39 is 24.5 Å². The second kappa shape index (κ2) is 7.03. The van der Waals surface area contributed by atoms with Crippen LogP contribution in [0.15, 0.2) is 36.4 Å². The van der Waals surface area contributed by atoms with Crippen LogP contribution < -0.4 is 9.47 Å². The van der Waals surface area contributed by atoms with Gasteiger partial charge in [0, 0.05) is 21.5 Å². The average Bonchev–Trinajstić information content (AvgIpc) is 2.90. The molecule has 0 spiro atoms. The third-order valence-electron chi connectivity index (χ3n) is 3.87. The van der Waals surface area contributed by atoms with Crippen molar-refractivity contribution in [2.75, 3.05) is 7.11 Å². The van der Waals surface area contributed by atoms with Crippen molar-refractivity contribution in [3.05, 3.63) is 47.0 Å². The average molecular weight is 400 g/mol. The Morgan fingerprint density at radius 3 is 2.59 bits per heavy atom. The molecule has 2 aromatic carbocycles. The van der Waals surface area contributed by atoms with E-state index >= 15 is 0 Å². The largest absolute Gasteiger partial charge is 0.573 e. The van der Waals surface area contributed by atoms with E-state index in [-0.39, 0.29) is 0 Å². The number of methoxy groups -OCH3 is 1. The normalized spacial score (nSPS) is 11.6. The maximum absolute atomic E-state index is 12.5. The zero-order valence-corrected chi connectivity index (χ0v) is 14.6. The Kier molecular flexibility index (Phi) is 4.93. The lowest BCUT2D eigenvalue weighted by Crippen LogP contribution is -2.17. The van der Waals surface area contributed by atoms with E-state index in [1.807, 2.05) is 0 Å². The summed E-state index contributed by atoms with van der Waals surface area (Å²) in [5.74, 6) is -1.14. The van der Waals surface area contributed by atoms with Crippen LogP contribution in [0, 0.1) is 0 Å². The van der Waals surface area contributed by atoms with Gasteiger partial charge in [0.05, 0.1) is 19.2 Å². The SMILES string of the molecule is COc1ccc(Cl)cc1-c1[nH]c2ccc(OC(F)(F)F)cc2c1CC(=O)O. The fraction of sp³-hybridized carbons (Fsp3) is 0.167. The molecule has 0 atom stereocenters. The highest BCUT2D eigenvalue weighted by atomic mass is 35.5. The number of hydrogen-bond acceptors (Lipinski definition) is 3. The van der Waals surface area contributed by atoms with Gasteiger partial charge in [-0.25, -0.2) is 0 Å². The van der Waals surface area contributed by atoms with Crippen LogP contribution in [0.1, 0.15) is 5.56 Å². The van der Waals surface area contributed by atoms with Crippen LogP contribution in [0.4, 0.5) is 13.2 Å². The summed E-state index contributed by atoms with van der Waals surface area (Å²) in [5.41, 5.74) is 1.65. The van der Waals surface area contributed by atoms with Gasteiger partial charge in [0.15, 0.2) is 0 Å². The van der Waals surface area contributed by atoms with E-state index in [0.717, 1.165) is 12.1 Å². The minimum atomic E-state index is -4.85. The van der Waals surface area contributed by atoms with Crippen LogP contribution >= 0.6 is 11.6 Å². The zero-order valence-electron chi connectivity index (χ0n) is 13.9. The zero-order chi connectivity index (χ0) is 19.8. The van der Waals surface area contributed by atoms with Gasteiger partial charge in [0.25, 0.3) is 0 Å². The minimum Gasteiger partial charge on any atom is -0.496 e. The number of aromatic nitrogens is 1. The molecule has 3 aromatic rings. The summed E-state index contributed by atoms with van der Waals surface area (Å²) < 4.78 is 46.8. The predicted molar refractivity (Wildman–Crippen MR) is 93.3 cm³/mol. The van der Waals surface area contributed by atoms with E-state index in [1.165, 1.54) is 13.2 Å². The topological polar surface area (TPSA) is 71.5 Å². The molecule has 0 aliphatic heterocycles. The molecule has 0 saturated carbocycles. The van der Waals surface area contributed by atoms with Crippen molar-refractivity contribution in [1.29, 1.82) is 0 Å². The van der Waals surface area contributed by atoms with Gasteiger partial charge in [-0.3, -0.25) is 4.79 Å². The minimum absolute atomic E-state index is 0.297. The number of carboxylic acids is 1. The summed E-state index contributed by atoms with van der Waals surface area (Å²) >= 11 is 6.05. The Morgan fingerprint density at radius 1 is 1.22 bits per heavy atom. The third-order valence-corrected chi connectivity index (χ3v) is 4.11. The lowest BCUT2D eigenvalue weighted by molar-refractivity contribution is -0.274. The summed E-state index contributed by atoms with van der Waals surface area (Å²) in [7, 11) is 1.45. The van der Waals surface area contributed by atoms with E-state index in [9.17, 15) is 23.1 Å². The van der Waals surface area contributed by atoms with Crippen molar-refractivity contribution in [3.8, 4) is 22.8 Å². The number of H-pyrrole nitrogens is 1. The van der Waals surface area contributed by atoms with Crippen molar-refractivity contribution >= 4 is 28.5 Å². The van der Waals surface area contributed by atoms with Crippen LogP contribution in [0.3, 0.4) is 0 Å². The van der Waals surface area contributed by atoms with Crippen LogP contribution in [-0.2, 0) is 11.2 Å². The third kappa shape index (κ3) is 4.11. The maximum atomic E-state index is 12.5. The number of carbonyl (C=O) groups is 1. The van der Waals surface area contributed by atoms with Gasteiger partial charge in [0.2, 0.25) is 0 Å². The first-order chi connectivity index (χ1) is 12.7. The van der Waals surface area contributed by atoms with E-state index in [2.05, 4.69) is 9.72 Å². The number of fused-ring (bicyclic) bond motifs is 1. The molecule has 0 aliphatic rings. The van der Waals surface area contributed by atoms with Crippen molar-refractivity contribution in [3.63, 3.8) is 0 Å². The van der Waals surface area contributed by atoms with Crippen molar-refractivity contribution < 1.29 is 32.5 Å². The number of aliphatic carboxylic acids is 1. The summed E-state index contributed by atoms with van der Waals surface area (Å²) in [5, 5.41) is 9.97. The van der Waals surface area contributed by atoms with Gasteiger partial charge in [-0.1, -0.05) is 11.6 Å². The smallest absolute Gasteiger partial charge is 0.496 e. The molecule has 0 saturated heterocycles. The molecule has 5 nitrogen and oxygen atoms in total. The number of aromatic amines is 1. The Bertz CT molecular complexity index is 1010. The fourth-order valence-electron chi connectivity index (χ4n) is 2.86. The molecule has 27 heavy (non-hydrogen) atoms. The number of rotatable bonds is 5. The molecule has 0 aliphatic carbocycles. The molecule has 1 aromatic heterocycles. The van der Waals surface area contributed by atoms with E-state index in [4.69, 9.17) is 16.3 Å². The first-order valence-corrected chi connectivity index (χ1v) is 8.02. The Morgan fingerprint density at radius 2 is 1.96 bits per heavy atom. The summed E-state index contributed by atoms with van der Waals surface area (Å²) in [6, 6.07) is 8.50. The highest BCUT2D eigenvalue weighted by molar-refractivity contribution is 6.31. The molecule has 9 heteroatoms. The first kappa shape index (κ1) is 18.9. The van der Waals surface area contributed by atoms with Crippen LogP contribution in [0.25, 0.3) is 22.2 Å². The number of alkyl halides is 3. The van der Waals surface area contributed by atoms with Gasteiger partial charge in [-0.15, -0.1) is 13.2 Å². The Balaban J connectivity index is 2.24. The number of hydrogen-bond donors (Lipinski definition) is 2. The number of carboxylic acid groups (broad SMARTS) is 1. The first-order valence-electron chi connectivity index (χ1n) is 7.64. The van der Waals surface area contributed by atoms with Gasteiger partial charge < -0.3 is 19.6 Å². The summed E-state index contributed by atoms with van der Waals surface area (Å²) in [6.45, 7) is 0. The molecule has 2 N–H and O–H groups in total. The lowest BCUT2D eigenvalue weighted by Gasteiger charge is -2.10. The molecule has 0 bridgehead atoms. The summed E-state index contributed by atoms with van der Waals surface area (Å²) in [4.78, 5) is 14.4. The molecule has 0 amide bonds. The predicted octanol–water partition coefficient (Wildman–Crippen LogP) is 5.02. The fourth-order valence-corrected chi connectivity index (χ4v) is 3.04. The molecule has 1 heterocycles. The number of halogens is 4. The molecule has 142 valence electrons. The van der Waals surface area contributed by atoms with Crippen LogP contribution in [0.2, 0.25) is 5.02 Å². The van der Waals surface area contributed by atoms with E-state index in [1.54, 1.807) is 18.2 Å². The monoisotopic (exact) mass is 399 g/mol. The second-order valence-corrected chi connectivity index (χ2v) is 6.09. The summed E-state index contributed by atoms with van der Waals surface area (Å²) in [6.07, 6.45) is -5.27. The molecule has 3 rings (SSSR count). The standard InChI is InChI=1S/C18H13ClF3NO4/c1-26-15-5-2-9(19)6-13(15)17-12(8-16(24)25)11-7-10(27-18(20,21)22)3-4-14(11)23-17/h2-7,23H,8H2,1H3,(H,24,25). The van der Waals surface area contributed by atoms with Gasteiger partial charge in [0.1, 0.15) is 11.5 Å². The van der Waals surface area contributed by atoms with Crippen molar-refractivity contribution in [2.45, 2.75) is 12.8 Å². The van der Waals surface area contributed by atoms with Crippen molar-refractivity contribution in [2.24, 2.45) is 0 Å².